The number of hydrogen-bond donors (Lipinski definition) is 3. The lowest BCUT2D eigenvalue weighted by molar-refractivity contribution is -0.111. The number of amides is 1. The van der Waals surface area contributed by atoms with Crippen LogP contribution in [-0.2, 0) is 4.79 Å². The molecule has 0 bridgehead atoms. The lowest BCUT2D eigenvalue weighted by atomic mass is 10.0. The molecule has 5 nitrogen and oxygen atoms in total. The maximum atomic E-state index is 12.0. The van der Waals surface area contributed by atoms with Crippen LogP contribution < -0.4 is 10.6 Å². The molecule has 0 saturated carbocycles. The molecule has 0 saturated heterocycles. The summed E-state index contributed by atoms with van der Waals surface area (Å²) in [6, 6.07) is 11.7. The number of hydrogen-bond acceptors (Lipinski definition) is 4. The summed E-state index contributed by atoms with van der Waals surface area (Å²) in [6.07, 6.45) is 5.69. The fourth-order valence-corrected chi connectivity index (χ4v) is 2.39. The number of benzene rings is 1. The number of nitrogens with one attached hydrogen (secondary N) is 2. The second-order valence-corrected chi connectivity index (χ2v) is 6.51. The minimum atomic E-state index is -0.206. The molecule has 1 aromatic heterocycles. The van der Waals surface area contributed by atoms with Crippen LogP contribution in [0.1, 0.15) is 44.2 Å². The van der Waals surface area contributed by atoms with Crippen molar-refractivity contribution < 1.29 is 9.90 Å². The van der Waals surface area contributed by atoms with Gasteiger partial charge < -0.3 is 15.7 Å². The summed E-state index contributed by atoms with van der Waals surface area (Å²) in [5.74, 6) is 0.957. The van der Waals surface area contributed by atoms with Crippen molar-refractivity contribution in [2.45, 2.75) is 39.2 Å². The van der Waals surface area contributed by atoms with E-state index in [2.05, 4.69) is 41.6 Å². The highest BCUT2D eigenvalue weighted by Crippen LogP contribution is 2.15. The molecule has 0 radical (unpaired) electrons. The van der Waals surface area contributed by atoms with Crippen molar-refractivity contribution in [1.29, 1.82) is 0 Å². The highest BCUT2D eigenvalue weighted by Gasteiger charge is 2.05. The number of nitrogens with zero attached hydrogens (tertiary/aromatic N) is 1. The van der Waals surface area contributed by atoms with Crippen LogP contribution in [0.25, 0.3) is 6.08 Å². The van der Waals surface area contributed by atoms with E-state index >= 15 is 0 Å². The van der Waals surface area contributed by atoms with Crippen LogP contribution in [0.2, 0.25) is 0 Å². The smallest absolute Gasteiger partial charge is 0.248 e. The summed E-state index contributed by atoms with van der Waals surface area (Å²) in [6.45, 7) is 6.35. The van der Waals surface area contributed by atoms with E-state index in [9.17, 15) is 9.90 Å². The third-order valence-electron chi connectivity index (χ3n) is 4.13. The Hall–Kier alpha value is -2.66. The molecular formula is C21H27N3O2. The molecule has 1 unspecified atom stereocenters. The van der Waals surface area contributed by atoms with Gasteiger partial charge in [-0.1, -0.05) is 45.0 Å². The summed E-state index contributed by atoms with van der Waals surface area (Å²) >= 11 is 0. The first kappa shape index (κ1) is 19.7. The number of rotatable bonds is 8. The Balaban J connectivity index is 1.90. The quantitative estimate of drug-likeness (QED) is 0.626. The number of aromatic nitrogens is 1. The first-order chi connectivity index (χ1) is 12.5. The minimum absolute atomic E-state index is 0.0204. The predicted molar refractivity (Wildman–Crippen MR) is 107 cm³/mol. The number of anilines is 2. The third kappa shape index (κ3) is 6.01. The molecule has 3 N–H and O–H groups in total. The van der Waals surface area contributed by atoms with E-state index in [-0.39, 0.29) is 18.6 Å². The molecule has 0 aliphatic heterocycles. The average Bonchev–Trinajstić information content (AvgIpc) is 2.66. The molecule has 1 heterocycles. The van der Waals surface area contributed by atoms with Gasteiger partial charge in [0.2, 0.25) is 5.91 Å². The van der Waals surface area contributed by atoms with Crippen molar-refractivity contribution in [2.24, 2.45) is 0 Å². The lowest BCUT2D eigenvalue weighted by Gasteiger charge is -2.14. The fraction of sp³-hybridized carbons (Fsp3) is 0.333. The Bertz CT molecular complexity index is 718. The van der Waals surface area contributed by atoms with Gasteiger partial charge in [0.15, 0.2) is 0 Å². The fourth-order valence-electron chi connectivity index (χ4n) is 2.39. The van der Waals surface area contributed by atoms with Gasteiger partial charge in [0, 0.05) is 6.08 Å². The molecule has 0 fully saturated rings. The van der Waals surface area contributed by atoms with Crippen LogP contribution >= 0.6 is 0 Å². The Kier molecular flexibility index (Phi) is 7.36. The maximum Gasteiger partial charge on any atom is 0.248 e. The second-order valence-electron chi connectivity index (χ2n) is 6.51. The van der Waals surface area contributed by atoms with Gasteiger partial charge >= 0.3 is 0 Å². The molecule has 1 amide bonds. The summed E-state index contributed by atoms with van der Waals surface area (Å²) in [5.41, 5.74) is 2.88. The zero-order valence-electron chi connectivity index (χ0n) is 15.6. The number of pyridine rings is 1. The second kappa shape index (κ2) is 9.73. The molecule has 1 aromatic carbocycles. The van der Waals surface area contributed by atoms with Crippen molar-refractivity contribution in [3.05, 3.63) is 59.8 Å². The van der Waals surface area contributed by atoms with Crippen LogP contribution in [-0.4, -0.2) is 28.6 Å². The van der Waals surface area contributed by atoms with Gasteiger partial charge in [-0.25, -0.2) is 4.98 Å². The monoisotopic (exact) mass is 353 g/mol. The van der Waals surface area contributed by atoms with Crippen LogP contribution in [0.4, 0.5) is 11.5 Å². The molecule has 138 valence electrons. The highest BCUT2D eigenvalue weighted by molar-refractivity contribution is 6.01. The zero-order chi connectivity index (χ0) is 18.9. The van der Waals surface area contributed by atoms with Crippen molar-refractivity contribution in [2.75, 3.05) is 17.2 Å². The van der Waals surface area contributed by atoms with E-state index in [0.717, 1.165) is 12.0 Å². The predicted octanol–water partition coefficient (Wildman–Crippen LogP) is 4.04. The summed E-state index contributed by atoms with van der Waals surface area (Å²) in [4.78, 5) is 16.3. The normalized spacial score (nSPS) is 12.3. The van der Waals surface area contributed by atoms with E-state index in [1.54, 1.807) is 24.4 Å². The molecule has 0 aliphatic carbocycles. The van der Waals surface area contributed by atoms with E-state index in [0.29, 0.717) is 17.4 Å². The average molecular weight is 353 g/mol. The zero-order valence-corrected chi connectivity index (χ0v) is 15.6. The molecular weight excluding hydrogens is 326 g/mol. The summed E-state index contributed by atoms with van der Waals surface area (Å²) in [5, 5.41) is 15.1. The molecule has 1 atom stereocenters. The molecule has 5 heteroatoms. The van der Waals surface area contributed by atoms with Gasteiger partial charge in [0.25, 0.3) is 0 Å². The molecule has 0 spiro atoms. The first-order valence-corrected chi connectivity index (χ1v) is 8.94. The van der Waals surface area contributed by atoms with Gasteiger partial charge in [0.05, 0.1) is 24.5 Å². The number of aliphatic hydroxyl groups excluding tert-OH is 1. The van der Waals surface area contributed by atoms with Crippen molar-refractivity contribution in [3.8, 4) is 0 Å². The Morgan fingerprint density at radius 2 is 1.92 bits per heavy atom. The SMILES string of the molecule is CCC(CO)Nc1ccc(NC(=O)/C=C/c2ccc(C(C)C)cc2)cn1. The topological polar surface area (TPSA) is 74.2 Å². The van der Waals surface area contributed by atoms with Crippen LogP contribution in [0.5, 0.6) is 0 Å². The van der Waals surface area contributed by atoms with Crippen molar-refractivity contribution in [3.63, 3.8) is 0 Å². The molecule has 26 heavy (non-hydrogen) atoms. The number of aliphatic hydroxyl groups is 1. The Labute approximate surface area is 155 Å². The van der Waals surface area contributed by atoms with Gasteiger partial charge in [-0.05, 0) is 41.7 Å². The Morgan fingerprint density at radius 3 is 2.46 bits per heavy atom. The van der Waals surface area contributed by atoms with Crippen LogP contribution in [0, 0.1) is 0 Å². The Morgan fingerprint density at radius 1 is 1.19 bits per heavy atom. The standard InChI is InChI=1S/C21H27N3O2/c1-4-18(14-25)23-20-11-10-19(13-22-20)24-21(26)12-7-16-5-8-17(9-6-16)15(2)3/h5-13,15,18,25H,4,14H2,1-3H3,(H,22,23)(H,24,26)/b12-7+. The number of carbonyl (C=O) groups is 1. The van der Waals surface area contributed by atoms with Crippen LogP contribution in [0.15, 0.2) is 48.7 Å². The van der Waals surface area contributed by atoms with Gasteiger partial charge in [0.1, 0.15) is 5.82 Å². The molecule has 2 rings (SSSR count). The first-order valence-electron chi connectivity index (χ1n) is 8.94. The maximum absolute atomic E-state index is 12.0. The van der Waals surface area contributed by atoms with Crippen LogP contribution in [0.3, 0.4) is 0 Å². The van der Waals surface area contributed by atoms with E-state index in [1.807, 2.05) is 19.1 Å². The lowest BCUT2D eigenvalue weighted by Crippen LogP contribution is -2.23. The highest BCUT2D eigenvalue weighted by atomic mass is 16.3. The van der Waals surface area contributed by atoms with Crippen molar-refractivity contribution >= 4 is 23.5 Å². The van der Waals surface area contributed by atoms with E-state index < -0.39 is 0 Å². The third-order valence-corrected chi connectivity index (χ3v) is 4.13. The molecule has 2 aromatic rings. The van der Waals surface area contributed by atoms with E-state index in [4.69, 9.17) is 0 Å². The summed E-state index contributed by atoms with van der Waals surface area (Å²) < 4.78 is 0. The van der Waals surface area contributed by atoms with E-state index in [1.165, 1.54) is 11.6 Å². The van der Waals surface area contributed by atoms with Crippen molar-refractivity contribution in [1.82, 2.24) is 4.98 Å². The number of carbonyl (C=O) groups excluding carboxylic acids is 1. The van der Waals surface area contributed by atoms with Gasteiger partial charge in [-0.3, -0.25) is 4.79 Å². The molecule has 0 aliphatic rings. The summed E-state index contributed by atoms with van der Waals surface area (Å²) in [7, 11) is 0. The van der Waals surface area contributed by atoms with Gasteiger partial charge in [-0.2, -0.15) is 0 Å². The largest absolute Gasteiger partial charge is 0.394 e. The minimum Gasteiger partial charge on any atom is -0.394 e. The van der Waals surface area contributed by atoms with Gasteiger partial charge in [-0.15, -0.1) is 0 Å².